The number of nitrogens with one attached hydrogen (secondary N) is 1. The smallest absolute Gasteiger partial charge is 0.216 e. The first-order chi connectivity index (χ1) is 12.2. The fourth-order valence-electron chi connectivity index (χ4n) is 3.72. The molecule has 3 rings (SSSR count). The number of ether oxygens (including phenoxy) is 1. The fraction of sp³-hybridized carbons (Fsp3) is 0.350. The van der Waals surface area contributed by atoms with Crippen molar-refractivity contribution in [2.24, 2.45) is 0 Å². The van der Waals surface area contributed by atoms with Gasteiger partial charge < -0.3 is 9.72 Å². The number of Topliss-reactive ketones (excluding diaryl/α,β-unsaturated/α-hetero) is 3. The lowest BCUT2D eigenvalue weighted by atomic mass is 10.0. The number of ketones is 3. The second-order valence-corrected chi connectivity index (χ2v) is 6.76. The van der Waals surface area contributed by atoms with Crippen LogP contribution < -0.4 is 4.74 Å². The highest BCUT2D eigenvalue weighted by Gasteiger charge is 2.32. The van der Waals surface area contributed by atoms with Gasteiger partial charge in [0.25, 0.3) is 0 Å². The van der Waals surface area contributed by atoms with Gasteiger partial charge in [-0.1, -0.05) is 6.92 Å². The third-order valence-electron chi connectivity index (χ3n) is 4.84. The summed E-state index contributed by atoms with van der Waals surface area (Å²) in [5.41, 5.74) is 2.61. The molecule has 1 aliphatic rings. The maximum Gasteiger partial charge on any atom is 0.216 e. The number of aryl methyl sites for hydroxylation is 1. The summed E-state index contributed by atoms with van der Waals surface area (Å²) in [6.07, 6.45) is 0.234. The number of carbonyl (C=O) groups is 3. The molecule has 0 fully saturated rings. The molecule has 1 aliphatic carbocycles. The number of hydrogen-bond acceptors (Lipinski definition) is 4. The minimum absolute atomic E-state index is 0.118. The molecule has 6 heteroatoms. The monoisotopic (exact) mass is 357 g/mol. The molecule has 0 amide bonds. The van der Waals surface area contributed by atoms with Crippen molar-refractivity contribution in [3.63, 3.8) is 0 Å². The van der Waals surface area contributed by atoms with Crippen LogP contribution in [0.1, 0.15) is 74.2 Å². The Morgan fingerprint density at radius 1 is 1.31 bits per heavy atom. The number of hydrogen-bond donors (Lipinski definition) is 1. The van der Waals surface area contributed by atoms with Gasteiger partial charge in [0, 0.05) is 23.2 Å². The lowest BCUT2D eigenvalue weighted by Crippen LogP contribution is -2.15. The molecule has 136 valence electrons. The fourth-order valence-corrected chi connectivity index (χ4v) is 3.72. The molecule has 1 aromatic carbocycles. The van der Waals surface area contributed by atoms with Gasteiger partial charge in [-0.3, -0.25) is 14.4 Å². The number of benzene rings is 1. The first-order valence-electron chi connectivity index (χ1n) is 8.44. The van der Waals surface area contributed by atoms with E-state index in [2.05, 4.69) is 4.98 Å². The number of rotatable bonds is 5. The Balaban J connectivity index is 1.85. The second-order valence-electron chi connectivity index (χ2n) is 6.76. The molecular weight excluding hydrogens is 337 g/mol. The normalized spacial score (nSPS) is 15.9. The van der Waals surface area contributed by atoms with Gasteiger partial charge in [0.1, 0.15) is 11.6 Å². The van der Waals surface area contributed by atoms with Gasteiger partial charge in [0.05, 0.1) is 11.3 Å². The maximum atomic E-state index is 14.0. The summed E-state index contributed by atoms with van der Waals surface area (Å²) in [5.74, 6) is -1.05. The molecule has 5 nitrogen and oxygen atoms in total. The summed E-state index contributed by atoms with van der Waals surface area (Å²) in [7, 11) is 0. The summed E-state index contributed by atoms with van der Waals surface area (Å²) in [6.45, 7) is 6.36. The van der Waals surface area contributed by atoms with Crippen molar-refractivity contribution in [2.75, 3.05) is 6.61 Å². The van der Waals surface area contributed by atoms with Crippen LogP contribution in [0.2, 0.25) is 0 Å². The lowest BCUT2D eigenvalue weighted by Gasteiger charge is -2.11. The van der Waals surface area contributed by atoms with Crippen LogP contribution in [-0.2, 0) is 0 Å². The van der Waals surface area contributed by atoms with Crippen molar-refractivity contribution in [1.29, 1.82) is 0 Å². The van der Waals surface area contributed by atoms with Crippen LogP contribution in [0.5, 0.6) is 5.75 Å². The summed E-state index contributed by atoms with van der Waals surface area (Å²) in [5, 5.41) is 0. The van der Waals surface area contributed by atoms with Crippen molar-refractivity contribution < 1.29 is 23.5 Å². The van der Waals surface area contributed by atoms with E-state index in [-0.39, 0.29) is 47.6 Å². The highest BCUT2D eigenvalue weighted by Crippen LogP contribution is 2.39. The maximum absolute atomic E-state index is 14.0. The van der Waals surface area contributed by atoms with Gasteiger partial charge in [-0.15, -0.1) is 0 Å². The third kappa shape index (κ3) is 2.85. The van der Waals surface area contributed by atoms with Gasteiger partial charge in [0.2, 0.25) is 5.78 Å². The van der Waals surface area contributed by atoms with E-state index in [1.165, 1.54) is 19.1 Å². The van der Waals surface area contributed by atoms with Gasteiger partial charge in [0.15, 0.2) is 18.2 Å². The van der Waals surface area contributed by atoms with Crippen molar-refractivity contribution in [1.82, 2.24) is 4.98 Å². The summed E-state index contributed by atoms with van der Waals surface area (Å²) < 4.78 is 19.6. The van der Waals surface area contributed by atoms with Crippen LogP contribution in [0.25, 0.3) is 0 Å². The number of aromatic amines is 1. The predicted octanol–water partition coefficient (Wildman–Crippen LogP) is 3.92. The van der Waals surface area contributed by atoms with E-state index in [0.29, 0.717) is 28.1 Å². The predicted molar refractivity (Wildman–Crippen MR) is 93.9 cm³/mol. The average Bonchev–Trinajstić information content (AvgIpc) is 3.03. The highest BCUT2D eigenvalue weighted by atomic mass is 19.1. The van der Waals surface area contributed by atoms with Crippen LogP contribution in [0.3, 0.4) is 0 Å². The van der Waals surface area contributed by atoms with E-state index in [0.717, 1.165) is 0 Å². The molecule has 0 radical (unpaired) electrons. The first-order valence-corrected chi connectivity index (χ1v) is 8.44. The molecule has 0 unspecified atom stereocenters. The minimum atomic E-state index is -0.432. The van der Waals surface area contributed by atoms with Crippen molar-refractivity contribution in [3.8, 4) is 5.75 Å². The van der Waals surface area contributed by atoms with Crippen LogP contribution in [0.4, 0.5) is 4.39 Å². The van der Waals surface area contributed by atoms with E-state index in [9.17, 15) is 18.8 Å². The van der Waals surface area contributed by atoms with E-state index in [4.69, 9.17) is 4.74 Å². The third-order valence-corrected chi connectivity index (χ3v) is 4.84. The lowest BCUT2D eigenvalue weighted by molar-refractivity contribution is 0.0907. The van der Waals surface area contributed by atoms with Crippen LogP contribution in [0, 0.1) is 19.7 Å². The SMILES string of the molecule is CC(=O)c1c(C)[nH]c(C(=O)COc2ccc(F)c3c2C(=O)C[C@H]3C)c1C. The molecule has 2 aromatic rings. The molecule has 1 heterocycles. The Bertz CT molecular complexity index is 942. The van der Waals surface area contributed by atoms with Gasteiger partial charge >= 0.3 is 0 Å². The van der Waals surface area contributed by atoms with E-state index >= 15 is 0 Å². The Kier molecular flexibility index (Phi) is 4.52. The number of carbonyl (C=O) groups excluding carboxylic acids is 3. The molecule has 1 aromatic heterocycles. The van der Waals surface area contributed by atoms with Crippen LogP contribution >= 0.6 is 0 Å². The average molecular weight is 357 g/mol. The topological polar surface area (TPSA) is 76.2 Å². The summed E-state index contributed by atoms with van der Waals surface area (Å²) >= 11 is 0. The van der Waals surface area contributed by atoms with Crippen molar-refractivity contribution >= 4 is 17.3 Å². The van der Waals surface area contributed by atoms with E-state index in [1.807, 2.05) is 0 Å². The van der Waals surface area contributed by atoms with Gasteiger partial charge in [-0.05, 0) is 44.4 Å². The Morgan fingerprint density at radius 3 is 2.62 bits per heavy atom. The van der Waals surface area contributed by atoms with Gasteiger partial charge in [-0.25, -0.2) is 4.39 Å². The van der Waals surface area contributed by atoms with Gasteiger partial charge in [-0.2, -0.15) is 0 Å². The van der Waals surface area contributed by atoms with Crippen molar-refractivity contribution in [3.05, 3.63) is 51.6 Å². The molecule has 1 N–H and O–H groups in total. The minimum Gasteiger partial charge on any atom is -0.485 e. The molecule has 0 spiro atoms. The zero-order valence-electron chi connectivity index (χ0n) is 15.2. The zero-order valence-corrected chi connectivity index (χ0v) is 15.2. The van der Waals surface area contributed by atoms with Crippen molar-refractivity contribution in [2.45, 2.75) is 40.0 Å². The number of H-pyrrole nitrogens is 1. The first kappa shape index (κ1) is 18.0. The summed E-state index contributed by atoms with van der Waals surface area (Å²) in [6, 6.07) is 2.64. The summed E-state index contributed by atoms with van der Waals surface area (Å²) in [4.78, 5) is 39.3. The molecule has 26 heavy (non-hydrogen) atoms. The van der Waals surface area contributed by atoms with Crippen LogP contribution in [0.15, 0.2) is 12.1 Å². The second kappa shape index (κ2) is 6.52. The number of aromatic nitrogens is 1. The Morgan fingerprint density at radius 2 is 2.00 bits per heavy atom. The van der Waals surface area contributed by atoms with E-state index < -0.39 is 5.82 Å². The molecule has 1 atom stereocenters. The largest absolute Gasteiger partial charge is 0.485 e. The quantitative estimate of drug-likeness (QED) is 0.823. The highest BCUT2D eigenvalue weighted by molar-refractivity contribution is 6.05. The number of halogens is 1. The molecule has 0 bridgehead atoms. The zero-order chi connectivity index (χ0) is 19.2. The van der Waals surface area contributed by atoms with Crippen LogP contribution in [-0.4, -0.2) is 28.9 Å². The Hall–Kier alpha value is -2.76. The Labute approximate surface area is 150 Å². The molecule has 0 saturated carbocycles. The molecule has 0 aliphatic heterocycles. The molecular formula is C20H20FNO4. The van der Waals surface area contributed by atoms with E-state index in [1.54, 1.807) is 20.8 Å². The standard InChI is InChI=1S/C20H20FNO4/c1-9-7-14(24)19-16(6-5-13(21)17(9)19)26-8-15(25)20-10(2)18(12(4)23)11(3)22-20/h5-6,9,22H,7-8H2,1-4H3/t9-/m1/s1. The number of fused-ring (bicyclic) bond motifs is 1. The molecule has 0 saturated heterocycles.